The number of ether oxygens (including phenoxy) is 3. The van der Waals surface area contributed by atoms with E-state index in [0.717, 1.165) is 74.3 Å². The second-order valence-corrected chi connectivity index (χ2v) is 8.90. The average Bonchev–Trinajstić information content (AvgIpc) is 3.35. The molecule has 0 amide bonds. The van der Waals surface area contributed by atoms with Gasteiger partial charge in [0.25, 0.3) is 0 Å². The summed E-state index contributed by atoms with van der Waals surface area (Å²) in [6.07, 6.45) is 5.82. The van der Waals surface area contributed by atoms with Crippen molar-refractivity contribution in [2.45, 2.75) is 39.0 Å². The van der Waals surface area contributed by atoms with Gasteiger partial charge in [-0.25, -0.2) is 4.98 Å². The van der Waals surface area contributed by atoms with Crippen molar-refractivity contribution >= 4 is 17.5 Å². The van der Waals surface area contributed by atoms with Gasteiger partial charge in [-0.1, -0.05) is 0 Å². The summed E-state index contributed by atoms with van der Waals surface area (Å²) in [6, 6.07) is 7.80. The minimum Gasteiger partial charge on any atom is -0.493 e. The van der Waals surface area contributed by atoms with E-state index in [9.17, 15) is 0 Å². The molecule has 0 aliphatic carbocycles. The third kappa shape index (κ3) is 7.20. The smallest absolute Gasteiger partial charge is 0.229 e. The van der Waals surface area contributed by atoms with Gasteiger partial charge in [0.2, 0.25) is 5.95 Å². The molecule has 2 aromatic rings. The van der Waals surface area contributed by atoms with E-state index in [1.807, 2.05) is 31.2 Å². The Morgan fingerprint density at radius 3 is 2.70 bits per heavy atom. The maximum absolute atomic E-state index is 6.06. The summed E-state index contributed by atoms with van der Waals surface area (Å²) in [7, 11) is 1.67. The first-order chi connectivity index (χ1) is 16.2. The highest BCUT2D eigenvalue weighted by Gasteiger charge is 2.15. The predicted octanol–water partition coefficient (Wildman–Crippen LogP) is 4.24. The number of hydrogen-bond acceptors (Lipinski definition) is 8. The Morgan fingerprint density at radius 2 is 1.91 bits per heavy atom. The van der Waals surface area contributed by atoms with E-state index < -0.39 is 0 Å². The molecule has 8 heteroatoms. The topological polar surface area (TPSA) is 80.8 Å². The highest BCUT2D eigenvalue weighted by atomic mass is 16.5. The second-order valence-electron chi connectivity index (χ2n) is 8.90. The van der Waals surface area contributed by atoms with E-state index in [-0.39, 0.29) is 0 Å². The van der Waals surface area contributed by atoms with E-state index in [1.54, 1.807) is 7.11 Å². The van der Waals surface area contributed by atoms with Crippen LogP contribution in [-0.4, -0.2) is 68.0 Å². The molecule has 4 rings (SSSR count). The zero-order chi connectivity index (χ0) is 22.9. The van der Waals surface area contributed by atoms with Gasteiger partial charge in [0.15, 0.2) is 11.5 Å². The van der Waals surface area contributed by atoms with Gasteiger partial charge in [-0.15, -0.1) is 0 Å². The summed E-state index contributed by atoms with van der Waals surface area (Å²) >= 11 is 0. The highest BCUT2D eigenvalue weighted by molar-refractivity contribution is 5.60. The molecule has 2 fully saturated rings. The molecule has 3 heterocycles. The number of hydrogen-bond donors (Lipinski definition) is 2. The SMILES string of the molecule is COc1ccc(Nc2nc(C)cc(NCC3CCOCC3)n2)cc1OCCCN1CCCC1. The molecule has 0 spiro atoms. The molecule has 8 nitrogen and oxygen atoms in total. The number of aryl methyl sites for hydroxylation is 1. The third-order valence-corrected chi connectivity index (χ3v) is 6.26. The fourth-order valence-corrected chi connectivity index (χ4v) is 4.39. The van der Waals surface area contributed by atoms with Crippen LogP contribution in [0.2, 0.25) is 0 Å². The maximum Gasteiger partial charge on any atom is 0.229 e. The van der Waals surface area contributed by atoms with Gasteiger partial charge in [-0.3, -0.25) is 0 Å². The molecule has 0 bridgehead atoms. The van der Waals surface area contributed by atoms with E-state index in [0.29, 0.717) is 18.5 Å². The largest absolute Gasteiger partial charge is 0.493 e. The second kappa shape index (κ2) is 12.0. The molecule has 1 aromatic carbocycles. The van der Waals surface area contributed by atoms with Gasteiger partial charge in [0.05, 0.1) is 13.7 Å². The Kier molecular flexibility index (Phi) is 8.60. The van der Waals surface area contributed by atoms with Crippen LogP contribution in [0.5, 0.6) is 11.5 Å². The zero-order valence-electron chi connectivity index (χ0n) is 19.9. The lowest BCUT2D eigenvalue weighted by Gasteiger charge is -2.22. The van der Waals surface area contributed by atoms with Crippen molar-refractivity contribution in [3.63, 3.8) is 0 Å². The van der Waals surface area contributed by atoms with E-state index in [1.165, 1.54) is 25.9 Å². The summed E-state index contributed by atoms with van der Waals surface area (Å²) < 4.78 is 17.0. The van der Waals surface area contributed by atoms with Crippen LogP contribution in [0.3, 0.4) is 0 Å². The molecule has 2 aliphatic heterocycles. The van der Waals surface area contributed by atoms with Gasteiger partial charge in [0, 0.05) is 49.8 Å². The van der Waals surface area contributed by atoms with Crippen LogP contribution in [0.15, 0.2) is 24.3 Å². The maximum atomic E-state index is 6.06. The Bertz CT molecular complexity index is 882. The molecule has 33 heavy (non-hydrogen) atoms. The monoisotopic (exact) mass is 455 g/mol. The van der Waals surface area contributed by atoms with Crippen molar-refractivity contribution in [2.75, 3.05) is 63.7 Å². The molecule has 180 valence electrons. The van der Waals surface area contributed by atoms with Gasteiger partial charge in [0.1, 0.15) is 5.82 Å². The Hall–Kier alpha value is -2.58. The lowest BCUT2D eigenvalue weighted by Crippen LogP contribution is -2.23. The minimum atomic E-state index is 0.564. The number of anilines is 3. The number of nitrogens with zero attached hydrogens (tertiary/aromatic N) is 3. The van der Waals surface area contributed by atoms with Crippen molar-refractivity contribution < 1.29 is 14.2 Å². The standard InChI is InChI=1S/C25H37N5O3/c1-19-16-24(26-18-20-8-14-32-15-9-20)29-25(27-19)28-21-6-7-22(31-2)23(17-21)33-13-5-12-30-10-3-4-11-30/h6-7,16-17,20H,3-5,8-15,18H2,1-2H3,(H2,26,27,28,29). The number of likely N-dealkylation sites (tertiary alicyclic amines) is 1. The number of aromatic nitrogens is 2. The quantitative estimate of drug-likeness (QED) is 0.487. The van der Waals surface area contributed by atoms with Crippen LogP contribution in [0.4, 0.5) is 17.5 Å². The molecule has 0 radical (unpaired) electrons. The Balaban J connectivity index is 1.35. The van der Waals surface area contributed by atoms with Crippen LogP contribution in [-0.2, 0) is 4.74 Å². The minimum absolute atomic E-state index is 0.564. The van der Waals surface area contributed by atoms with Crippen molar-refractivity contribution in [3.8, 4) is 11.5 Å². The molecule has 2 aliphatic rings. The Labute approximate surface area is 197 Å². The van der Waals surface area contributed by atoms with Crippen molar-refractivity contribution in [2.24, 2.45) is 5.92 Å². The van der Waals surface area contributed by atoms with Gasteiger partial charge >= 0.3 is 0 Å². The van der Waals surface area contributed by atoms with E-state index in [2.05, 4.69) is 25.5 Å². The highest BCUT2D eigenvalue weighted by Crippen LogP contribution is 2.31. The van der Waals surface area contributed by atoms with Crippen molar-refractivity contribution in [1.82, 2.24) is 14.9 Å². The van der Waals surface area contributed by atoms with Gasteiger partial charge in [-0.2, -0.15) is 4.98 Å². The fourth-order valence-electron chi connectivity index (χ4n) is 4.39. The number of rotatable bonds is 11. The van der Waals surface area contributed by atoms with Crippen molar-refractivity contribution in [3.05, 3.63) is 30.0 Å². The summed E-state index contributed by atoms with van der Waals surface area (Å²) in [5, 5.41) is 6.80. The number of benzene rings is 1. The first kappa shape index (κ1) is 23.6. The van der Waals surface area contributed by atoms with Gasteiger partial charge in [-0.05, 0) is 70.2 Å². The summed E-state index contributed by atoms with van der Waals surface area (Å²) in [5.74, 6) is 3.48. The summed E-state index contributed by atoms with van der Waals surface area (Å²) in [5.41, 5.74) is 1.78. The Morgan fingerprint density at radius 1 is 1.09 bits per heavy atom. The van der Waals surface area contributed by atoms with Gasteiger partial charge < -0.3 is 29.7 Å². The predicted molar refractivity (Wildman–Crippen MR) is 131 cm³/mol. The molecular weight excluding hydrogens is 418 g/mol. The fraction of sp³-hybridized carbons (Fsp3) is 0.600. The molecule has 1 aromatic heterocycles. The first-order valence-corrected chi connectivity index (χ1v) is 12.2. The molecule has 0 unspecified atom stereocenters. The number of methoxy groups -OCH3 is 1. The van der Waals surface area contributed by atoms with Crippen molar-refractivity contribution in [1.29, 1.82) is 0 Å². The number of nitrogens with one attached hydrogen (secondary N) is 2. The van der Waals surface area contributed by atoms with Crippen LogP contribution in [0, 0.1) is 12.8 Å². The average molecular weight is 456 g/mol. The summed E-state index contributed by atoms with van der Waals surface area (Å²) in [6.45, 7) is 8.76. The van der Waals surface area contributed by atoms with E-state index in [4.69, 9.17) is 14.2 Å². The molecule has 2 N–H and O–H groups in total. The van der Waals surface area contributed by atoms with E-state index >= 15 is 0 Å². The molecule has 2 saturated heterocycles. The molecule has 0 atom stereocenters. The van der Waals surface area contributed by atoms with Crippen LogP contribution >= 0.6 is 0 Å². The third-order valence-electron chi connectivity index (χ3n) is 6.26. The zero-order valence-corrected chi connectivity index (χ0v) is 19.9. The first-order valence-electron chi connectivity index (χ1n) is 12.2. The van der Waals surface area contributed by atoms with Crippen LogP contribution in [0.25, 0.3) is 0 Å². The lowest BCUT2D eigenvalue weighted by atomic mass is 10.0. The lowest BCUT2D eigenvalue weighted by molar-refractivity contribution is 0.0699. The molecule has 0 saturated carbocycles. The van der Waals surface area contributed by atoms with Crippen LogP contribution in [0.1, 0.15) is 37.8 Å². The molecular formula is C25H37N5O3. The normalized spacial score (nSPS) is 17.2. The van der Waals surface area contributed by atoms with Crippen LogP contribution < -0.4 is 20.1 Å². The summed E-state index contributed by atoms with van der Waals surface area (Å²) in [4.78, 5) is 11.7.